The first-order valence-electron chi connectivity index (χ1n) is 9.38. The molecule has 1 aliphatic heterocycles. The minimum absolute atomic E-state index is 0.112. The third-order valence-electron chi connectivity index (χ3n) is 5.13. The molecule has 2 heterocycles. The van der Waals surface area contributed by atoms with E-state index in [9.17, 15) is 10.1 Å². The summed E-state index contributed by atoms with van der Waals surface area (Å²) < 4.78 is 0.619. The highest BCUT2D eigenvalue weighted by atomic mass is 32.1. The molecule has 7 heteroatoms. The maximum absolute atomic E-state index is 11.3. The summed E-state index contributed by atoms with van der Waals surface area (Å²) in [6, 6.07) is 14.4. The average Bonchev–Trinajstić information content (AvgIpc) is 3.13. The molecule has 142 valence electrons. The fourth-order valence-corrected chi connectivity index (χ4v) is 4.85. The molecule has 6 nitrogen and oxygen atoms in total. The number of carbonyl (C=O) groups is 1. The van der Waals surface area contributed by atoms with Crippen molar-refractivity contribution in [2.24, 2.45) is 0 Å². The molecular weight excluding hydrogens is 370 g/mol. The summed E-state index contributed by atoms with van der Waals surface area (Å²) in [4.78, 5) is 16.8. The molecule has 3 aromatic rings. The number of thiazole rings is 1. The van der Waals surface area contributed by atoms with Crippen LogP contribution in [-0.4, -0.2) is 24.0 Å². The Labute approximate surface area is 168 Å². The van der Waals surface area contributed by atoms with Crippen LogP contribution in [0.25, 0.3) is 10.8 Å². The quantitative estimate of drug-likeness (QED) is 0.660. The smallest absolute Gasteiger partial charge is 0.223 e. The van der Waals surface area contributed by atoms with Gasteiger partial charge in [-0.25, -0.2) is 9.58 Å². The fourth-order valence-electron chi connectivity index (χ4n) is 3.91. The molecule has 0 bridgehead atoms. The van der Waals surface area contributed by atoms with Crippen molar-refractivity contribution < 1.29 is 4.79 Å². The molecule has 0 radical (unpaired) electrons. The normalized spacial score (nSPS) is 19.3. The van der Waals surface area contributed by atoms with Crippen molar-refractivity contribution in [1.82, 2.24) is 15.0 Å². The van der Waals surface area contributed by atoms with Gasteiger partial charge in [0.15, 0.2) is 10.8 Å². The van der Waals surface area contributed by atoms with E-state index in [0.29, 0.717) is 15.3 Å². The van der Waals surface area contributed by atoms with Crippen LogP contribution >= 0.6 is 11.3 Å². The van der Waals surface area contributed by atoms with Crippen LogP contribution in [0.5, 0.6) is 0 Å². The van der Waals surface area contributed by atoms with E-state index in [0.717, 1.165) is 48.1 Å². The highest BCUT2D eigenvalue weighted by Gasteiger charge is 2.36. The number of aromatic nitrogens is 1. The van der Waals surface area contributed by atoms with E-state index in [1.807, 2.05) is 30.5 Å². The van der Waals surface area contributed by atoms with E-state index in [4.69, 9.17) is 0 Å². The molecule has 0 spiro atoms. The lowest BCUT2D eigenvalue weighted by Crippen LogP contribution is -2.62. The van der Waals surface area contributed by atoms with Crippen LogP contribution in [0.4, 0.5) is 10.8 Å². The molecule has 0 saturated carbocycles. The summed E-state index contributed by atoms with van der Waals surface area (Å²) in [6.45, 7) is 4.13. The molecule has 1 atom stereocenters. The van der Waals surface area contributed by atoms with E-state index in [2.05, 4.69) is 33.9 Å². The van der Waals surface area contributed by atoms with E-state index >= 15 is 0 Å². The highest BCUT2D eigenvalue weighted by molar-refractivity contribution is 7.15. The molecule has 1 saturated heterocycles. The first-order chi connectivity index (χ1) is 13.6. The summed E-state index contributed by atoms with van der Waals surface area (Å²) in [6.07, 6.45) is 4.12. The Morgan fingerprint density at radius 3 is 2.82 bits per heavy atom. The Kier molecular flexibility index (Phi) is 5.09. The first kappa shape index (κ1) is 18.6. The monoisotopic (exact) mass is 392 g/mol. The Morgan fingerprint density at radius 1 is 1.29 bits per heavy atom. The van der Waals surface area contributed by atoms with Crippen molar-refractivity contribution in [2.75, 3.05) is 18.4 Å². The summed E-state index contributed by atoms with van der Waals surface area (Å²) >= 11 is 1.51. The van der Waals surface area contributed by atoms with Gasteiger partial charge >= 0.3 is 0 Å². The molecule has 1 amide bonds. The summed E-state index contributed by atoms with van der Waals surface area (Å²) in [5.41, 5.74) is 5.59. The first-order valence-corrected chi connectivity index (χ1v) is 10.2. The van der Waals surface area contributed by atoms with Crippen LogP contribution in [0.15, 0.2) is 42.6 Å². The van der Waals surface area contributed by atoms with Gasteiger partial charge in [0.25, 0.3) is 0 Å². The number of nitriles is 1. The van der Waals surface area contributed by atoms with Gasteiger partial charge in [0, 0.05) is 42.9 Å². The molecule has 0 aliphatic carbocycles. The SMILES string of the molecule is CC(=O)Nc1ncc(C[N+]2(c3ccc(C#N)c4ccccc34)CCCCN2)s1. The summed E-state index contributed by atoms with van der Waals surface area (Å²) in [5, 5.41) is 15.0. The van der Waals surface area contributed by atoms with Crippen LogP contribution in [-0.2, 0) is 11.3 Å². The zero-order valence-electron chi connectivity index (χ0n) is 15.7. The number of hydrogen-bond acceptors (Lipinski definition) is 5. The standard InChI is InChI=1S/C21H21N5OS/c1-15(27)25-21-23-13-17(28-21)14-26(11-5-4-10-24-26)20-9-8-16(12-22)18-6-2-3-7-19(18)20/h2-3,6-9,13,24H,4-5,10-11,14H2,1H3/p+1. The van der Waals surface area contributed by atoms with E-state index in [-0.39, 0.29) is 5.91 Å². The van der Waals surface area contributed by atoms with Gasteiger partial charge in [-0.05, 0) is 18.6 Å². The largest absolute Gasteiger partial charge is 0.302 e. The second-order valence-corrected chi connectivity index (χ2v) is 8.18. The van der Waals surface area contributed by atoms with E-state index in [1.165, 1.54) is 23.9 Å². The van der Waals surface area contributed by atoms with Crippen molar-refractivity contribution in [3.63, 3.8) is 0 Å². The van der Waals surface area contributed by atoms with E-state index in [1.54, 1.807) is 0 Å². The number of amides is 1. The highest BCUT2D eigenvalue weighted by Crippen LogP contribution is 2.36. The van der Waals surface area contributed by atoms with Gasteiger partial charge in [-0.3, -0.25) is 4.79 Å². The van der Waals surface area contributed by atoms with Crippen LogP contribution in [0.2, 0.25) is 0 Å². The van der Waals surface area contributed by atoms with Crippen LogP contribution in [0.1, 0.15) is 30.2 Å². The van der Waals surface area contributed by atoms with Gasteiger partial charge < -0.3 is 5.32 Å². The lowest BCUT2D eigenvalue weighted by atomic mass is 10.0. The molecule has 28 heavy (non-hydrogen) atoms. The number of nitrogens with one attached hydrogen (secondary N) is 2. The van der Waals surface area contributed by atoms with Gasteiger partial charge in [-0.2, -0.15) is 10.7 Å². The van der Waals surface area contributed by atoms with E-state index < -0.39 is 0 Å². The Morgan fingerprint density at radius 2 is 2.11 bits per heavy atom. The van der Waals surface area contributed by atoms with Gasteiger partial charge in [0.2, 0.25) is 5.91 Å². The lowest BCUT2D eigenvalue weighted by molar-refractivity contribution is -0.114. The average molecular weight is 393 g/mol. The number of quaternary nitrogens is 1. The third-order valence-corrected chi connectivity index (χ3v) is 6.02. The predicted molar refractivity (Wildman–Crippen MR) is 113 cm³/mol. The maximum atomic E-state index is 11.3. The number of hydrogen-bond donors (Lipinski definition) is 2. The maximum Gasteiger partial charge on any atom is 0.223 e. The minimum atomic E-state index is -0.112. The van der Waals surface area contributed by atoms with Crippen LogP contribution < -0.4 is 15.3 Å². The van der Waals surface area contributed by atoms with Crippen molar-refractivity contribution in [2.45, 2.75) is 26.3 Å². The number of nitrogens with zero attached hydrogens (tertiary/aromatic N) is 3. The Hall–Kier alpha value is -2.79. The van der Waals surface area contributed by atoms with Crippen molar-refractivity contribution in [1.29, 1.82) is 5.26 Å². The number of benzene rings is 2. The molecule has 2 N–H and O–H groups in total. The zero-order chi connectivity index (χ0) is 19.6. The number of fused-ring (bicyclic) bond motifs is 1. The van der Waals surface area contributed by atoms with Crippen LogP contribution in [0, 0.1) is 11.3 Å². The molecule has 1 aromatic heterocycles. The predicted octanol–water partition coefficient (Wildman–Crippen LogP) is 3.93. The van der Waals surface area contributed by atoms with Gasteiger partial charge in [0.1, 0.15) is 13.1 Å². The third kappa shape index (κ3) is 3.50. The number of anilines is 1. The number of rotatable bonds is 4. The van der Waals surface area contributed by atoms with Gasteiger partial charge in [0.05, 0.1) is 16.5 Å². The molecule has 1 aliphatic rings. The zero-order valence-corrected chi connectivity index (χ0v) is 16.6. The minimum Gasteiger partial charge on any atom is -0.302 e. The van der Waals surface area contributed by atoms with Crippen molar-refractivity contribution in [3.8, 4) is 6.07 Å². The molecular formula is C21H22N5OS+. The van der Waals surface area contributed by atoms with Gasteiger partial charge in [-0.15, -0.1) is 0 Å². The molecule has 4 rings (SSSR count). The van der Waals surface area contributed by atoms with Crippen LogP contribution in [0.3, 0.4) is 0 Å². The second kappa shape index (κ2) is 7.68. The molecule has 1 unspecified atom stereocenters. The summed E-state index contributed by atoms with van der Waals surface area (Å²) in [5.74, 6) is -0.112. The lowest BCUT2D eigenvalue weighted by Gasteiger charge is -2.40. The number of carbonyl (C=O) groups excluding carboxylic acids is 1. The molecule has 2 aromatic carbocycles. The van der Waals surface area contributed by atoms with Crippen molar-refractivity contribution in [3.05, 3.63) is 53.0 Å². The van der Waals surface area contributed by atoms with Gasteiger partial charge in [-0.1, -0.05) is 29.5 Å². The topological polar surface area (TPSA) is 77.8 Å². The Bertz CT molecular complexity index is 1060. The Balaban J connectivity index is 1.78. The fraction of sp³-hybridized carbons (Fsp3) is 0.286. The second-order valence-electron chi connectivity index (χ2n) is 7.07. The summed E-state index contributed by atoms with van der Waals surface area (Å²) in [7, 11) is 0. The molecule has 1 fully saturated rings. The van der Waals surface area contributed by atoms with Crippen molar-refractivity contribution >= 4 is 38.8 Å².